The molecule has 18 heavy (non-hydrogen) atoms. The van der Waals surface area contributed by atoms with E-state index < -0.39 is 0 Å². The van der Waals surface area contributed by atoms with Gasteiger partial charge in [0.1, 0.15) is 0 Å². The van der Waals surface area contributed by atoms with Gasteiger partial charge >= 0.3 is 0 Å². The minimum absolute atomic E-state index is 0.200. The minimum Gasteiger partial charge on any atom is -0.339 e. The molecule has 2 rings (SSSR count). The maximum atomic E-state index is 12.3. The molecule has 0 N–H and O–H groups in total. The van der Waals surface area contributed by atoms with Gasteiger partial charge in [-0.15, -0.1) is 0 Å². The molecule has 1 aliphatic carbocycles. The molecule has 1 fully saturated rings. The van der Waals surface area contributed by atoms with E-state index in [1.807, 2.05) is 24.0 Å². The molecule has 0 atom stereocenters. The summed E-state index contributed by atoms with van der Waals surface area (Å²) in [6, 6.07) is 3.92. The third-order valence-electron chi connectivity index (χ3n) is 3.68. The number of aromatic nitrogens is 1. The van der Waals surface area contributed by atoms with E-state index in [4.69, 9.17) is 0 Å². The van der Waals surface area contributed by atoms with Gasteiger partial charge in [-0.1, -0.05) is 0 Å². The first-order valence-electron chi connectivity index (χ1n) is 6.47. The zero-order valence-corrected chi connectivity index (χ0v) is 11.7. The van der Waals surface area contributed by atoms with Crippen molar-refractivity contribution in [3.63, 3.8) is 0 Å². The summed E-state index contributed by atoms with van der Waals surface area (Å²) in [5, 5.41) is 0. The standard InChI is InChI=1S/C14H20N2OS/c1-2-16(10-12-3-7-15-8-4-12)13(17)9-14(11-18)5-6-14/h3-4,7-8,18H,2,5-6,9-11H2,1H3. The number of amides is 1. The average molecular weight is 264 g/mol. The van der Waals surface area contributed by atoms with E-state index in [0.29, 0.717) is 13.0 Å². The topological polar surface area (TPSA) is 33.2 Å². The van der Waals surface area contributed by atoms with Crippen LogP contribution in [0.2, 0.25) is 0 Å². The minimum atomic E-state index is 0.200. The van der Waals surface area contributed by atoms with E-state index in [1.54, 1.807) is 12.4 Å². The number of hydrogen-bond acceptors (Lipinski definition) is 3. The van der Waals surface area contributed by atoms with Crippen LogP contribution in [0.15, 0.2) is 24.5 Å². The smallest absolute Gasteiger partial charge is 0.223 e. The Morgan fingerprint density at radius 1 is 1.44 bits per heavy atom. The Morgan fingerprint density at radius 2 is 2.11 bits per heavy atom. The summed E-state index contributed by atoms with van der Waals surface area (Å²) in [6.45, 7) is 3.46. The van der Waals surface area contributed by atoms with Crippen molar-refractivity contribution in [1.29, 1.82) is 0 Å². The first kappa shape index (κ1) is 13.4. The number of pyridine rings is 1. The SMILES string of the molecule is CCN(Cc1ccncc1)C(=O)CC1(CS)CC1. The second-order valence-electron chi connectivity index (χ2n) is 5.10. The van der Waals surface area contributed by atoms with Gasteiger partial charge in [-0.3, -0.25) is 9.78 Å². The zero-order valence-electron chi connectivity index (χ0n) is 10.8. The molecule has 1 heterocycles. The van der Waals surface area contributed by atoms with Gasteiger partial charge in [-0.05, 0) is 48.6 Å². The number of carbonyl (C=O) groups excluding carboxylic acids is 1. The van der Waals surface area contributed by atoms with E-state index in [2.05, 4.69) is 17.6 Å². The summed E-state index contributed by atoms with van der Waals surface area (Å²) in [5.41, 5.74) is 1.34. The van der Waals surface area contributed by atoms with Crippen LogP contribution in [0, 0.1) is 5.41 Å². The number of carbonyl (C=O) groups is 1. The highest BCUT2D eigenvalue weighted by Gasteiger charge is 2.43. The van der Waals surface area contributed by atoms with Crippen LogP contribution >= 0.6 is 12.6 Å². The average Bonchev–Trinajstić information content (AvgIpc) is 3.17. The molecule has 0 aliphatic heterocycles. The van der Waals surface area contributed by atoms with Gasteiger partial charge in [0.2, 0.25) is 5.91 Å². The third-order valence-corrected chi connectivity index (χ3v) is 4.35. The molecule has 0 aromatic carbocycles. The van der Waals surface area contributed by atoms with Crippen molar-refractivity contribution in [2.45, 2.75) is 32.7 Å². The van der Waals surface area contributed by atoms with Crippen molar-refractivity contribution >= 4 is 18.5 Å². The molecule has 4 heteroatoms. The van der Waals surface area contributed by atoms with Crippen molar-refractivity contribution in [2.24, 2.45) is 5.41 Å². The second-order valence-corrected chi connectivity index (χ2v) is 5.41. The molecule has 1 aliphatic rings. The molecule has 1 aromatic heterocycles. The van der Waals surface area contributed by atoms with Crippen LogP contribution in [0.3, 0.4) is 0 Å². The van der Waals surface area contributed by atoms with Gasteiger partial charge in [0.15, 0.2) is 0 Å². The Balaban J connectivity index is 1.94. The summed E-state index contributed by atoms with van der Waals surface area (Å²) in [5.74, 6) is 1.08. The largest absolute Gasteiger partial charge is 0.339 e. The lowest BCUT2D eigenvalue weighted by Gasteiger charge is -2.23. The van der Waals surface area contributed by atoms with Crippen molar-refractivity contribution in [3.05, 3.63) is 30.1 Å². The van der Waals surface area contributed by atoms with Crippen molar-refractivity contribution in [1.82, 2.24) is 9.88 Å². The van der Waals surface area contributed by atoms with Crippen LogP contribution in [0.1, 0.15) is 31.7 Å². The van der Waals surface area contributed by atoms with Gasteiger partial charge in [0.25, 0.3) is 0 Å². The van der Waals surface area contributed by atoms with Gasteiger partial charge < -0.3 is 4.90 Å². The molecule has 0 bridgehead atoms. The lowest BCUT2D eigenvalue weighted by atomic mass is 10.0. The van der Waals surface area contributed by atoms with Crippen molar-refractivity contribution in [2.75, 3.05) is 12.3 Å². The monoisotopic (exact) mass is 264 g/mol. The molecule has 1 saturated carbocycles. The summed E-state index contributed by atoms with van der Waals surface area (Å²) >= 11 is 4.36. The lowest BCUT2D eigenvalue weighted by molar-refractivity contribution is -0.132. The Labute approximate surface area is 114 Å². The first-order chi connectivity index (χ1) is 8.69. The first-order valence-corrected chi connectivity index (χ1v) is 7.10. The van der Waals surface area contributed by atoms with Gasteiger partial charge in [-0.25, -0.2) is 0 Å². The lowest BCUT2D eigenvalue weighted by Crippen LogP contribution is -2.32. The Kier molecular flexibility index (Phi) is 4.27. The van der Waals surface area contributed by atoms with E-state index in [1.165, 1.54) is 0 Å². The zero-order chi connectivity index (χ0) is 13.0. The Bertz CT molecular complexity index is 404. The van der Waals surface area contributed by atoms with Crippen molar-refractivity contribution < 1.29 is 4.79 Å². The molecule has 0 saturated heterocycles. The van der Waals surface area contributed by atoms with Gasteiger partial charge in [-0.2, -0.15) is 12.6 Å². The molecule has 1 aromatic rings. The van der Waals surface area contributed by atoms with Crippen LogP contribution in [0.4, 0.5) is 0 Å². The summed E-state index contributed by atoms with van der Waals surface area (Å²) < 4.78 is 0. The maximum absolute atomic E-state index is 12.3. The van der Waals surface area contributed by atoms with Gasteiger partial charge in [0, 0.05) is 31.9 Å². The van der Waals surface area contributed by atoms with Crippen LogP contribution in [-0.4, -0.2) is 28.1 Å². The third kappa shape index (κ3) is 3.25. The summed E-state index contributed by atoms with van der Waals surface area (Å²) in [4.78, 5) is 18.2. The fraction of sp³-hybridized carbons (Fsp3) is 0.571. The van der Waals surface area contributed by atoms with E-state index in [0.717, 1.165) is 30.7 Å². The molecule has 3 nitrogen and oxygen atoms in total. The predicted molar refractivity (Wildman–Crippen MR) is 75.5 cm³/mol. The Morgan fingerprint density at radius 3 is 2.61 bits per heavy atom. The van der Waals surface area contributed by atoms with Crippen molar-refractivity contribution in [3.8, 4) is 0 Å². The number of rotatable bonds is 6. The molecule has 0 unspecified atom stereocenters. The normalized spacial score (nSPS) is 16.3. The quantitative estimate of drug-likeness (QED) is 0.801. The number of nitrogens with zero attached hydrogens (tertiary/aromatic N) is 2. The van der Waals surface area contributed by atoms with E-state index in [-0.39, 0.29) is 11.3 Å². The molecular formula is C14H20N2OS. The fourth-order valence-electron chi connectivity index (χ4n) is 2.09. The highest BCUT2D eigenvalue weighted by molar-refractivity contribution is 7.80. The fourth-order valence-corrected chi connectivity index (χ4v) is 2.51. The predicted octanol–water partition coefficient (Wildman–Crippen LogP) is 2.53. The molecule has 0 radical (unpaired) electrons. The maximum Gasteiger partial charge on any atom is 0.223 e. The highest BCUT2D eigenvalue weighted by atomic mass is 32.1. The van der Waals surface area contributed by atoms with E-state index >= 15 is 0 Å². The second kappa shape index (κ2) is 5.74. The molecule has 1 amide bonds. The number of thiol groups is 1. The number of hydrogen-bond donors (Lipinski definition) is 1. The van der Waals surface area contributed by atoms with Crippen LogP contribution in [-0.2, 0) is 11.3 Å². The summed E-state index contributed by atoms with van der Waals surface area (Å²) in [6.07, 6.45) is 6.48. The molecule has 98 valence electrons. The Hall–Kier alpha value is -1.03. The van der Waals surface area contributed by atoms with Crippen LogP contribution in [0.25, 0.3) is 0 Å². The van der Waals surface area contributed by atoms with Crippen LogP contribution in [0.5, 0.6) is 0 Å². The molecule has 0 spiro atoms. The van der Waals surface area contributed by atoms with Crippen LogP contribution < -0.4 is 0 Å². The van der Waals surface area contributed by atoms with Gasteiger partial charge in [0.05, 0.1) is 0 Å². The highest BCUT2D eigenvalue weighted by Crippen LogP contribution is 2.49. The molecular weight excluding hydrogens is 244 g/mol. The summed E-state index contributed by atoms with van der Waals surface area (Å²) in [7, 11) is 0. The van der Waals surface area contributed by atoms with E-state index in [9.17, 15) is 4.79 Å².